The van der Waals surface area contributed by atoms with Crippen LogP contribution in [0.4, 0.5) is 0 Å². The fraction of sp³-hybridized carbons (Fsp3) is 0.0714. The van der Waals surface area contributed by atoms with Gasteiger partial charge >= 0.3 is 0 Å². The zero-order valence-corrected chi connectivity index (χ0v) is 11.6. The standard InChI is InChI=1S/C14H11N5S/c1-18-9-10(7-16-18)11-4-5-14-15-8-12(19(14)17-11)13-3-2-6-20-13/h2-9H,1H3. The lowest BCUT2D eigenvalue weighted by molar-refractivity contribution is 0.768. The molecule has 0 spiro atoms. The minimum absolute atomic E-state index is 0.848. The van der Waals surface area contributed by atoms with Gasteiger partial charge in [-0.15, -0.1) is 11.3 Å². The number of hydrogen-bond donors (Lipinski definition) is 0. The summed E-state index contributed by atoms with van der Waals surface area (Å²) in [6.07, 6.45) is 5.63. The molecule has 0 radical (unpaired) electrons. The van der Waals surface area contributed by atoms with Gasteiger partial charge in [0.2, 0.25) is 0 Å². The molecule has 4 aromatic rings. The van der Waals surface area contributed by atoms with Gasteiger partial charge in [0.05, 0.1) is 23.0 Å². The van der Waals surface area contributed by atoms with E-state index in [1.165, 1.54) is 0 Å². The third kappa shape index (κ3) is 1.73. The zero-order valence-electron chi connectivity index (χ0n) is 10.8. The highest BCUT2D eigenvalue weighted by Crippen LogP contribution is 2.26. The minimum Gasteiger partial charge on any atom is -0.275 e. The van der Waals surface area contributed by atoms with Gasteiger partial charge in [-0.3, -0.25) is 4.68 Å². The van der Waals surface area contributed by atoms with E-state index in [0.29, 0.717) is 0 Å². The molecule has 4 aromatic heterocycles. The van der Waals surface area contributed by atoms with Crippen molar-refractivity contribution in [1.29, 1.82) is 0 Å². The van der Waals surface area contributed by atoms with Gasteiger partial charge in [-0.1, -0.05) is 6.07 Å². The van der Waals surface area contributed by atoms with E-state index in [1.807, 2.05) is 48.4 Å². The summed E-state index contributed by atoms with van der Waals surface area (Å²) in [6, 6.07) is 8.06. The lowest BCUT2D eigenvalue weighted by atomic mass is 10.2. The van der Waals surface area contributed by atoms with Crippen LogP contribution in [-0.2, 0) is 7.05 Å². The topological polar surface area (TPSA) is 48.0 Å². The van der Waals surface area contributed by atoms with Crippen LogP contribution in [0.1, 0.15) is 0 Å². The van der Waals surface area contributed by atoms with Crippen LogP contribution in [0.25, 0.3) is 27.5 Å². The molecule has 4 heterocycles. The number of aromatic nitrogens is 5. The Morgan fingerprint density at radius 2 is 2.10 bits per heavy atom. The number of nitrogens with zero attached hydrogens (tertiary/aromatic N) is 5. The summed E-state index contributed by atoms with van der Waals surface area (Å²) >= 11 is 1.68. The van der Waals surface area contributed by atoms with Crippen molar-refractivity contribution in [3.8, 4) is 21.8 Å². The molecule has 6 heteroatoms. The molecule has 0 aliphatic carbocycles. The van der Waals surface area contributed by atoms with E-state index >= 15 is 0 Å². The van der Waals surface area contributed by atoms with Gasteiger partial charge in [0, 0.05) is 18.8 Å². The molecule has 98 valence electrons. The Bertz CT molecular complexity index is 872. The maximum absolute atomic E-state index is 4.68. The first-order valence-electron chi connectivity index (χ1n) is 6.19. The van der Waals surface area contributed by atoms with E-state index in [2.05, 4.69) is 26.6 Å². The molecule has 0 saturated carbocycles. The number of thiophene rings is 1. The van der Waals surface area contributed by atoms with Crippen LogP contribution in [0.15, 0.2) is 48.2 Å². The number of rotatable bonds is 2. The van der Waals surface area contributed by atoms with E-state index in [9.17, 15) is 0 Å². The molecule has 0 aromatic carbocycles. The van der Waals surface area contributed by atoms with Crippen LogP contribution in [0.2, 0.25) is 0 Å². The third-order valence-electron chi connectivity index (χ3n) is 3.14. The quantitative estimate of drug-likeness (QED) is 0.567. The largest absolute Gasteiger partial charge is 0.275 e. The van der Waals surface area contributed by atoms with Gasteiger partial charge < -0.3 is 0 Å². The monoisotopic (exact) mass is 281 g/mol. The average molecular weight is 281 g/mol. The van der Waals surface area contributed by atoms with Crippen molar-refractivity contribution in [1.82, 2.24) is 24.4 Å². The molecule has 20 heavy (non-hydrogen) atoms. The van der Waals surface area contributed by atoms with Crippen molar-refractivity contribution in [3.63, 3.8) is 0 Å². The molecule has 0 aliphatic rings. The summed E-state index contributed by atoms with van der Waals surface area (Å²) in [5, 5.41) is 10.9. The maximum Gasteiger partial charge on any atom is 0.154 e. The number of hydrogen-bond acceptors (Lipinski definition) is 4. The van der Waals surface area contributed by atoms with Gasteiger partial charge in [0.15, 0.2) is 5.65 Å². The van der Waals surface area contributed by atoms with Crippen LogP contribution < -0.4 is 0 Å². The van der Waals surface area contributed by atoms with Crippen molar-refractivity contribution in [2.75, 3.05) is 0 Å². The van der Waals surface area contributed by atoms with Crippen molar-refractivity contribution in [3.05, 3.63) is 48.2 Å². The fourth-order valence-corrected chi connectivity index (χ4v) is 2.89. The zero-order chi connectivity index (χ0) is 13.5. The van der Waals surface area contributed by atoms with E-state index in [-0.39, 0.29) is 0 Å². The molecule has 0 bridgehead atoms. The predicted molar refractivity (Wildman–Crippen MR) is 78.5 cm³/mol. The number of aryl methyl sites for hydroxylation is 1. The Hall–Kier alpha value is -2.47. The summed E-state index contributed by atoms with van der Waals surface area (Å²) in [5.74, 6) is 0. The molecule has 0 fully saturated rings. The Kier molecular flexibility index (Phi) is 2.43. The highest BCUT2D eigenvalue weighted by Gasteiger charge is 2.10. The van der Waals surface area contributed by atoms with Gasteiger partial charge in [-0.2, -0.15) is 10.2 Å². The summed E-state index contributed by atoms with van der Waals surface area (Å²) in [7, 11) is 1.90. The first kappa shape index (κ1) is 11.4. The van der Waals surface area contributed by atoms with Gasteiger partial charge in [0.1, 0.15) is 5.69 Å². The molecule has 5 nitrogen and oxygen atoms in total. The lowest BCUT2D eigenvalue weighted by Crippen LogP contribution is -1.95. The van der Waals surface area contributed by atoms with E-state index in [4.69, 9.17) is 0 Å². The molecule has 0 unspecified atom stereocenters. The van der Waals surface area contributed by atoms with Crippen molar-refractivity contribution in [2.45, 2.75) is 0 Å². The molecule has 4 rings (SSSR count). The summed E-state index contributed by atoms with van der Waals surface area (Å²) < 4.78 is 3.66. The Balaban J connectivity index is 1.92. The fourth-order valence-electron chi connectivity index (χ4n) is 2.17. The van der Waals surface area contributed by atoms with Gasteiger partial charge in [0.25, 0.3) is 0 Å². The maximum atomic E-state index is 4.68. The molecule has 0 amide bonds. The number of fused-ring (bicyclic) bond motifs is 1. The van der Waals surface area contributed by atoms with Crippen molar-refractivity contribution < 1.29 is 0 Å². The first-order valence-corrected chi connectivity index (χ1v) is 7.07. The van der Waals surface area contributed by atoms with Crippen molar-refractivity contribution >= 4 is 17.0 Å². The summed E-state index contributed by atoms with van der Waals surface area (Å²) in [4.78, 5) is 5.56. The van der Waals surface area contributed by atoms with Gasteiger partial charge in [-0.05, 0) is 23.6 Å². The average Bonchev–Trinajstić information content (AvgIpc) is 3.17. The second-order valence-electron chi connectivity index (χ2n) is 4.51. The van der Waals surface area contributed by atoms with E-state index in [0.717, 1.165) is 27.5 Å². The van der Waals surface area contributed by atoms with Crippen molar-refractivity contribution in [2.24, 2.45) is 7.05 Å². The smallest absolute Gasteiger partial charge is 0.154 e. The van der Waals surface area contributed by atoms with Crippen LogP contribution in [0.3, 0.4) is 0 Å². The van der Waals surface area contributed by atoms with Crippen LogP contribution >= 0.6 is 11.3 Å². The SMILES string of the molecule is Cn1cc(-c2ccc3ncc(-c4cccs4)n3n2)cn1. The summed E-state index contributed by atoms with van der Waals surface area (Å²) in [5.41, 5.74) is 3.75. The van der Waals surface area contributed by atoms with Crippen LogP contribution in [0.5, 0.6) is 0 Å². The normalized spacial score (nSPS) is 11.2. The first-order chi connectivity index (χ1) is 9.81. The molecule has 0 atom stereocenters. The molecular weight excluding hydrogens is 270 g/mol. The minimum atomic E-state index is 0.848. The second kappa shape index (κ2) is 4.28. The van der Waals surface area contributed by atoms with E-state index < -0.39 is 0 Å². The molecular formula is C14H11N5S. The van der Waals surface area contributed by atoms with Crippen LogP contribution in [-0.4, -0.2) is 24.4 Å². The predicted octanol–water partition coefficient (Wildman–Crippen LogP) is 2.86. The van der Waals surface area contributed by atoms with Gasteiger partial charge in [-0.25, -0.2) is 9.50 Å². The molecule has 0 saturated heterocycles. The highest BCUT2D eigenvalue weighted by molar-refractivity contribution is 7.13. The lowest BCUT2D eigenvalue weighted by Gasteiger charge is -2.01. The Morgan fingerprint density at radius 3 is 2.85 bits per heavy atom. The molecule has 0 aliphatic heterocycles. The number of imidazole rings is 1. The highest BCUT2D eigenvalue weighted by atomic mass is 32.1. The Labute approximate surface area is 119 Å². The molecule has 0 N–H and O–H groups in total. The summed E-state index contributed by atoms with van der Waals surface area (Å²) in [6.45, 7) is 0. The van der Waals surface area contributed by atoms with E-state index in [1.54, 1.807) is 16.0 Å². The van der Waals surface area contributed by atoms with Crippen LogP contribution in [0, 0.1) is 0 Å². The second-order valence-corrected chi connectivity index (χ2v) is 5.46. The Morgan fingerprint density at radius 1 is 1.15 bits per heavy atom. The third-order valence-corrected chi connectivity index (χ3v) is 4.03.